The number of para-hydroxylation sites is 2. The van der Waals surface area contributed by atoms with Gasteiger partial charge in [0.25, 0.3) is 11.1 Å². The Bertz CT molecular complexity index is 1310. The number of carbonyl (C=O) groups is 1. The van der Waals surface area contributed by atoms with E-state index in [9.17, 15) is 4.79 Å². The first-order valence-electron chi connectivity index (χ1n) is 9.64. The van der Waals surface area contributed by atoms with E-state index in [0.29, 0.717) is 16.5 Å². The molecule has 0 aliphatic heterocycles. The van der Waals surface area contributed by atoms with Crippen molar-refractivity contribution < 1.29 is 9.21 Å². The van der Waals surface area contributed by atoms with E-state index in [4.69, 9.17) is 4.42 Å². The van der Waals surface area contributed by atoms with Gasteiger partial charge in [-0.05, 0) is 35.9 Å². The van der Waals surface area contributed by atoms with E-state index >= 15 is 0 Å². The number of thioether (sulfide) groups is 1. The number of benzene rings is 3. The predicted octanol–water partition coefficient (Wildman–Crippen LogP) is 6.50. The van der Waals surface area contributed by atoms with Crippen LogP contribution < -0.4 is 5.32 Å². The van der Waals surface area contributed by atoms with Gasteiger partial charge in [0, 0.05) is 34.1 Å². The third-order valence-corrected chi connectivity index (χ3v) is 6.39. The number of anilines is 1. The molecule has 5 aromatic rings. The highest BCUT2D eigenvalue weighted by Crippen LogP contribution is 2.28. The van der Waals surface area contributed by atoms with Crippen molar-refractivity contribution in [1.29, 1.82) is 0 Å². The van der Waals surface area contributed by atoms with Crippen LogP contribution >= 0.6 is 23.1 Å². The van der Waals surface area contributed by atoms with Crippen LogP contribution in [0, 0.1) is 0 Å². The van der Waals surface area contributed by atoms with Crippen molar-refractivity contribution in [1.82, 2.24) is 9.97 Å². The average Bonchev–Trinajstić information content (AvgIpc) is 3.48. The highest BCUT2D eigenvalue weighted by Gasteiger charge is 2.14. The second kappa shape index (κ2) is 8.75. The zero-order valence-electron chi connectivity index (χ0n) is 16.3. The molecule has 0 unspecified atom stereocenters. The molecule has 5 rings (SSSR count). The fourth-order valence-electron chi connectivity index (χ4n) is 3.21. The van der Waals surface area contributed by atoms with Crippen LogP contribution in [0.3, 0.4) is 0 Å². The van der Waals surface area contributed by atoms with Crippen molar-refractivity contribution in [2.24, 2.45) is 0 Å². The van der Waals surface area contributed by atoms with Crippen molar-refractivity contribution in [3.8, 4) is 10.6 Å². The molecule has 2 aromatic heterocycles. The van der Waals surface area contributed by atoms with Gasteiger partial charge < -0.3 is 9.73 Å². The van der Waals surface area contributed by atoms with E-state index in [1.165, 1.54) is 11.8 Å². The van der Waals surface area contributed by atoms with Crippen molar-refractivity contribution in [2.45, 2.75) is 11.0 Å². The number of amides is 1. The molecule has 0 atom stereocenters. The molecule has 0 bridgehead atoms. The lowest BCUT2D eigenvalue weighted by molar-refractivity contribution is 0.102. The van der Waals surface area contributed by atoms with Crippen LogP contribution in [0.1, 0.15) is 15.9 Å². The van der Waals surface area contributed by atoms with Crippen LogP contribution in [0.25, 0.3) is 21.7 Å². The Balaban J connectivity index is 1.32. The molecule has 152 valence electrons. The number of oxazole rings is 1. The van der Waals surface area contributed by atoms with Crippen LogP contribution in [0.2, 0.25) is 0 Å². The lowest BCUT2D eigenvalue weighted by atomic mass is 10.1. The molecule has 0 saturated carbocycles. The minimum Gasteiger partial charge on any atom is -0.431 e. The maximum atomic E-state index is 13.0. The van der Waals surface area contributed by atoms with Crippen LogP contribution in [-0.4, -0.2) is 15.9 Å². The molecule has 0 fully saturated rings. The van der Waals surface area contributed by atoms with Gasteiger partial charge in [-0.3, -0.25) is 4.79 Å². The van der Waals surface area contributed by atoms with Crippen LogP contribution in [-0.2, 0) is 5.75 Å². The number of thiazole rings is 1. The summed E-state index contributed by atoms with van der Waals surface area (Å²) in [5.41, 5.74) is 4.85. The first-order valence-corrected chi connectivity index (χ1v) is 11.5. The normalized spacial score (nSPS) is 11.0. The van der Waals surface area contributed by atoms with Crippen molar-refractivity contribution in [2.75, 3.05) is 5.32 Å². The third-order valence-electron chi connectivity index (χ3n) is 4.69. The molecule has 2 heterocycles. The number of hydrogen-bond donors (Lipinski definition) is 1. The van der Waals surface area contributed by atoms with E-state index in [1.54, 1.807) is 17.5 Å². The fraction of sp³-hybridized carbons (Fsp3) is 0.0417. The van der Waals surface area contributed by atoms with Gasteiger partial charge in [0.1, 0.15) is 10.5 Å². The highest BCUT2D eigenvalue weighted by atomic mass is 32.2. The molecular formula is C24H17N3O2S2. The maximum absolute atomic E-state index is 13.0. The molecule has 0 saturated heterocycles. The lowest BCUT2D eigenvalue weighted by Gasteiger charge is -2.10. The molecule has 1 N–H and O–H groups in total. The zero-order valence-corrected chi connectivity index (χ0v) is 18.0. The lowest BCUT2D eigenvalue weighted by Crippen LogP contribution is -2.14. The van der Waals surface area contributed by atoms with Gasteiger partial charge in [-0.1, -0.05) is 54.2 Å². The summed E-state index contributed by atoms with van der Waals surface area (Å²) in [6.07, 6.45) is 1.77. The van der Waals surface area contributed by atoms with E-state index in [2.05, 4.69) is 15.3 Å². The first-order chi connectivity index (χ1) is 15.3. The molecule has 0 spiro atoms. The minimum atomic E-state index is -0.148. The van der Waals surface area contributed by atoms with Crippen molar-refractivity contribution in [3.63, 3.8) is 0 Å². The predicted molar refractivity (Wildman–Crippen MR) is 126 cm³/mol. The third kappa shape index (κ3) is 4.38. The smallest absolute Gasteiger partial charge is 0.257 e. The van der Waals surface area contributed by atoms with Crippen molar-refractivity contribution in [3.05, 3.63) is 95.5 Å². The Labute approximate surface area is 187 Å². The Morgan fingerprint density at radius 2 is 1.90 bits per heavy atom. The summed E-state index contributed by atoms with van der Waals surface area (Å²) in [4.78, 5) is 21.8. The molecular weight excluding hydrogens is 426 g/mol. The number of hydrogen-bond acceptors (Lipinski definition) is 6. The Hall–Kier alpha value is -3.42. The van der Waals surface area contributed by atoms with E-state index in [1.807, 2.05) is 78.2 Å². The number of nitrogens with zero attached hydrogens (tertiary/aromatic N) is 2. The summed E-state index contributed by atoms with van der Waals surface area (Å²) in [6, 6.07) is 23.0. The van der Waals surface area contributed by atoms with Crippen molar-refractivity contribution >= 4 is 45.8 Å². The quantitative estimate of drug-likeness (QED) is 0.304. The molecule has 0 radical (unpaired) electrons. The molecule has 5 nitrogen and oxygen atoms in total. The van der Waals surface area contributed by atoms with Gasteiger partial charge in [0.15, 0.2) is 5.58 Å². The molecule has 0 aliphatic rings. The van der Waals surface area contributed by atoms with Gasteiger partial charge in [-0.15, -0.1) is 11.3 Å². The topological polar surface area (TPSA) is 68.0 Å². The number of rotatable bonds is 6. The van der Waals surface area contributed by atoms with E-state index < -0.39 is 0 Å². The summed E-state index contributed by atoms with van der Waals surface area (Å²) in [5, 5.41) is 6.46. The minimum absolute atomic E-state index is 0.148. The number of fused-ring (bicyclic) bond motifs is 1. The van der Waals surface area contributed by atoms with Gasteiger partial charge in [0.2, 0.25) is 0 Å². The summed E-state index contributed by atoms with van der Waals surface area (Å²) in [6.45, 7) is 0. The van der Waals surface area contributed by atoms with E-state index in [-0.39, 0.29) is 5.91 Å². The largest absolute Gasteiger partial charge is 0.431 e. The Kier molecular flexibility index (Phi) is 5.52. The number of nitrogens with one attached hydrogen (secondary N) is 1. The van der Waals surface area contributed by atoms with Gasteiger partial charge in [-0.25, -0.2) is 9.97 Å². The van der Waals surface area contributed by atoms with Gasteiger partial charge in [0.05, 0.1) is 0 Å². The monoisotopic (exact) mass is 443 g/mol. The maximum Gasteiger partial charge on any atom is 0.257 e. The van der Waals surface area contributed by atoms with Gasteiger partial charge >= 0.3 is 0 Å². The Morgan fingerprint density at radius 1 is 1.03 bits per heavy atom. The zero-order chi connectivity index (χ0) is 21.0. The second-order valence-corrected chi connectivity index (χ2v) is 8.59. The Morgan fingerprint density at radius 3 is 2.77 bits per heavy atom. The van der Waals surface area contributed by atoms with Crippen LogP contribution in [0.4, 0.5) is 5.69 Å². The molecule has 0 aliphatic carbocycles. The van der Waals surface area contributed by atoms with Gasteiger partial charge in [-0.2, -0.15) is 0 Å². The number of aromatic nitrogens is 2. The average molecular weight is 444 g/mol. The molecule has 1 amide bonds. The number of carbonyl (C=O) groups excluding carboxylic acids is 1. The second-order valence-electron chi connectivity index (χ2n) is 6.77. The van der Waals surface area contributed by atoms with Crippen LogP contribution in [0.5, 0.6) is 0 Å². The molecule has 7 heteroatoms. The standard InChI is InChI=1S/C24H17N3O2S2/c28-22(26-18-8-5-7-16(14-18)23-25-12-13-30-23)19-9-2-1-6-17(19)15-31-24-27-20-10-3-4-11-21(20)29-24/h1-14H,15H2,(H,26,28). The van der Waals surface area contributed by atoms with E-state index in [0.717, 1.165) is 32.9 Å². The summed E-state index contributed by atoms with van der Waals surface area (Å²) in [5.74, 6) is 0.431. The summed E-state index contributed by atoms with van der Waals surface area (Å²) >= 11 is 3.04. The molecule has 3 aromatic carbocycles. The SMILES string of the molecule is O=C(Nc1cccc(-c2nccs2)c1)c1ccccc1CSc1nc2ccccc2o1. The highest BCUT2D eigenvalue weighted by molar-refractivity contribution is 7.98. The fourth-order valence-corrected chi connectivity index (χ4v) is 4.69. The summed E-state index contributed by atoms with van der Waals surface area (Å²) < 4.78 is 5.78. The summed E-state index contributed by atoms with van der Waals surface area (Å²) in [7, 11) is 0. The van der Waals surface area contributed by atoms with Crippen LogP contribution in [0.15, 0.2) is 94.0 Å². The molecule has 31 heavy (non-hydrogen) atoms. The first kappa shape index (κ1) is 19.5.